The normalized spacial score (nSPS) is 27.3. The Morgan fingerprint density at radius 2 is 1.87 bits per heavy atom. The van der Waals surface area contributed by atoms with Gasteiger partial charge < -0.3 is 19.4 Å². The highest BCUT2D eigenvalue weighted by molar-refractivity contribution is 5.85. The van der Waals surface area contributed by atoms with Gasteiger partial charge in [0.25, 0.3) is 0 Å². The number of amides is 2. The van der Waals surface area contributed by atoms with Crippen LogP contribution in [0.15, 0.2) is 0 Å². The fraction of sp³-hybridized carbons (Fsp3) is 0.882. The Labute approximate surface area is 138 Å². The second-order valence-corrected chi connectivity index (χ2v) is 6.97. The number of carbonyl (C=O) groups excluding carboxylic acids is 2. The third-order valence-electron chi connectivity index (χ3n) is 5.11. The molecule has 0 aliphatic carbocycles. The van der Waals surface area contributed by atoms with Crippen molar-refractivity contribution >= 4 is 11.8 Å². The molecule has 0 N–H and O–H groups in total. The highest BCUT2D eigenvalue weighted by atomic mass is 16.5. The highest BCUT2D eigenvalue weighted by Gasteiger charge is 2.28. The molecular weight excluding hydrogens is 294 g/mol. The summed E-state index contributed by atoms with van der Waals surface area (Å²) in [6.07, 6.45) is 6.33. The number of rotatable bonds is 4. The summed E-state index contributed by atoms with van der Waals surface area (Å²) in [5.41, 5.74) is 0. The molecule has 23 heavy (non-hydrogen) atoms. The van der Waals surface area contributed by atoms with Crippen molar-refractivity contribution in [1.82, 2.24) is 14.7 Å². The average Bonchev–Trinajstić information content (AvgIpc) is 2.82. The monoisotopic (exact) mass is 323 g/mol. The molecule has 0 spiro atoms. The van der Waals surface area contributed by atoms with Crippen molar-refractivity contribution < 1.29 is 14.3 Å². The van der Waals surface area contributed by atoms with Crippen LogP contribution in [-0.2, 0) is 14.3 Å². The van der Waals surface area contributed by atoms with Gasteiger partial charge in [0.1, 0.15) is 0 Å². The molecule has 0 aromatic heterocycles. The Kier molecular flexibility index (Phi) is 5.89. The second kappa shape index (κ2) is 8.11. The van der Waals surface area contributed by atoms with Gasteiger partial charge in [-0.15, -0.1) is 0 Å². The van der Waals surface area contributed by atoms with Crippen LogP contribution >= 0.6 is 0 Å². The molecule has 130 valence electrons. The van der Waals surface area contributed by atoms with E-state index in [1.165, 1.54) is 19.3 Å². The first-order valence-electron chi connectivity index (χ1n) is 9.12. The molecule has 0 radical (unpaired) electrons. The Hall–Kier alpha value is -1.14. The van der Waals surface area contributed by atoms with Gasteiger partial charge in [-0.3, -0.25) is 9.59 Å². The van der Waals surface area contributed by atoms with Crippen LogP contribution in [-0.4, -0.2) is 85.0 Å². The van der Waals surface area contributed by atoms with E-state index in [1.54, 1.807) is 4.90 Å². The van der Waals surface area contributed by atoms with E-state index in [0.29, 0.717) is 13.0 Å². The van der Waals surface area contributed by atoms with E-state index in [1.807, 2.05) is 4.90 Å². The Morgan fingerprint density at radius 1 is 1.04 bits per heavy atom. The molecule has 2 amide bonds. The number of ether oxygens (including phenoxy) is 1. The van der Waals surface area contributed by atoms with Crippen molar-refractivity contribution in [3.63, 3.8) is 0 Å². The summed E-state index contributed by atoms with van der Waals surface area (Å²) in [6.45, 7) is 6.33. The molecule has 3 fully saturated rings. The first-order valence-corrected chi connectivity index (χ1v) is 9.12. The van der Waals surface area contributed by atoms with Crippen LogP contribution in [0.5, 0.6) is 0 Å². The summed E-state index contributed by atoms with van der Waals surface area (Å²) in [6, 6.07) is 0. The molecule has 0 bridgehead atoms. The van der Waals surface area contributed by atoms with E-state index in [0.717, 1.165) is 52.2 Å². The molecule has 3 aliphatic rings. The van der Waals surface area contributed by atoms with Crippen molar-refractivity contribution in [3.8, 4) is 0 Å². The minimum Gasteiger partial charge on any atom is -0.375 e. The van der Waals surface area contributed by atoms with Gasteiger partial charge in [0.2, 0.25) is 11.8 Å². The predicted molar refractivity (Wildman–Crippen MR) is 87.0 cm³/mol. The standard InChI is InChI=1S/C17H29N3O3/c21-16-6-4-9-20(16)14-17(22)19-10-5-11-23-15(13-19)12-18-7-2-1-3-8-18/h15H,1-14H2. The Balaban J connectivity index is 1.51. The lowest BCUT2D eigenvalue weighted by atomic mass is 10.1. The maximum Gasteiger partial charge on any atom is 0.242 e. The number of nitrogens with zero attached hydrogens (tertiary/aromatic N) is 3. The highest BCUT2D eigenvalue weighted by Crippen LogP contribution is 2.14. The molecule has 6 nitrogen and oxygen atoms in total. The molecule has 1 unspecified atom stereocenters. The minimum absolute atomic E-state index is 0.0781. The molecule has 3 aliphatic heterocycles. The third kappa shape index (κ3) is 4.67. The predicted octanol–water partition coefficient (Wildman–Crippen LogP) is 0.712. The average molecular weight is 323 g/mol. The molecule has 0 aromatic carbocycles. The van der Waals surface area contributed by atoms with E-state index in [4.69, 9.17) is 4.74 Å². The summed E-state index contributed by atoms with van der Waals surface area (Å²) in [5, 5.41) is 0. The van der Waals surface area contributed by atoms with Crippen LogP contribution in [0.25, 0.3) is 0 Å². The molecule has 6 heteroatoms. The van der Waals surface area contributed by atoms with E-state index < -0.39 is 0 Å². The van der Waals surface area contributed by atoms with Gasteiger partial charge in [-0.1, -0.05) is 6.42 Å². The Bertz CT molecular complexity index is 423. The van der Waals surface area contributed by atoms with Gasteiger partial charge in [-0.25, -0.2) is 0 Å². The summed E-state index contributed by atoms with van der Waals surface area (Å²) in [4.78, 5) is 30.3. The smallest absolute Gasteiger partial charge is 0.242 e. The number of likely N-dealkylation sites (tertiary alicyclic amines) is 2. The van der Waals surface area contributed by atoms with Crippen LogP contribution in [0.4, 0.5) is 0 Å². The quantitative estimate of drug-likeness (QED) is 0.765. The fourth-order valence-electron chi connectivity index (χ4n) is 3.80. The van der Waals surface area contributed by atoms with Crippen LogP contribution in [0, 0.1) is 0 Å². The molecule has 1 atom stereocenters. The van der Waals surface area contributed by atoms with E-state index in [2.05, 4.69) is 4.90 Å². The first kappa shape index (κ1) is 16.7. The van der Waals surface area contributed by atoms with Gasteiger partial charge in [-0.05, 0) is 38.8 Å². The van der Waals surface area contributed by atoms with Gasteiger partial charge in [0, 0.05) is 39.2 Å². The van der Waals surface area contributed by atoms with E-state index >= 15 is 0 Å². The zero-order valence-electron chi connectivity index (χ0n) is 14.0. The molecule has 3 saturated heterocycles. The SMILES string of the molecule is O=C1CCCN1CC(=O)N1CCCOC(CN2CCCCC2)C1. The summed E-state index contributed by atoms with van der Waals surface area (Å²) >= 11 is 0. The summed E-state index contributed by atoms with van der Waals surface area (Å²) < 4.78 is 5.96. The van der Waals surface area contributed by atoms with Crippen LogP contribution in [0.1, 0.15) is 38.5 Å². The number of carbonyl (C=O) groups is 2. The number of hydrogen-bond donors (Lipinski definition) is 0. The second-order valence-electron chi connectivity index (χ2n) is 6.97. The van der Waals surface area contributed by atoms with E-state index in [9.17, 15) is 9.59 Å². The minimum atomic E-state index is 0.0781. The lowest BCUT2D eigenvalue weighted by molar-refractivity contribution is -0.138. The molecule has 0 saturated carbocycles. The maximum atomic E-state index is 12.6. The lowest BCUT2D eigenvalue weighted by Crippen LogP contribution is -2.46. The van der Waals surface area contributed by atoms with Crippen molar-refractivity contribution in [2.45, 2.75) is 44.6 Å². The zero-order chi connectivity index (χ0) is 16.1. The number of hydrogen-bond acceptors (Lipinski definition) is 4. The first-order chi connectivity index (χ1) is 11.2. The molecular formula is C17H29N3O3. The van der Waals surface area contributed by atoms with Gasteiger partial charge >= 0.3 is 0 Å². The van der Waals surface area contributed by atoms with E-state index in [-0.39, 0.29) is 24.5 Å². The van der Waals surface area contributed by atoms with Crippen molar-refractivity contribution in [1.29, 1.82) is 0 Å². The van der Waals surface area contributed by atoms with Gasteiger partial charge in [0.15, 0.2) is 0 Å². The van der Waals surface area contributed by atoms with Crippen molar-refractivity contribution in [2.75, 3.05) is 52.4 Å². The van der Waals surface area contributed by atoms with Crippen molar-refractivity contribution in [3.05, 3.63) is 0 Å². The lowest BCUT2D eigenvalue weighted by Gasteiger charge is -2.32. The van der Waals surface area contributed by atoms with Crippen molar-refractivity contribution in [2.24, 2.45) is 0 Å². The zero-order valence-corrected chi connectivity index (χ0v) is 14.0. The summed E-state index contributed by atoms with van der Waals surface area (Å²) in [7, 11) is 0. The molecule has 3 heterocycles. The number of piperidine rings is 1. The largest absolute Gasteiger partial charge is 0.375 e. The summed E-state index contributed by atoms with van der Waals surface area (Å²) in [5.74, 6) is 0.198. The molecule has 0 aromatic rings. The van der Waals surface area contributed by atoms with Crippen LogP contribution in [0.2, 0.25) is 0 Å². The van der Waals surface area contributed by atoms with Crippen LogP contribution < -0.4 is 0 Å². The maximum absolute atomic E-state index is 12.6. The molecule has 3 rings (SSSR count). The van der Waals surface area contributed by atoms with Gasteiger partial charge in [0.05, 0.1) is 12.6 Å². The third-order valence-corrected chi connectivity index (χ3v) is 5.11. The topological polar surface area (TPSA) is 53.1 Å². The van der Waals surface area contributed by atoms with Gasteiger partial charge in [-0.2, -0.15) is 0 Å². The van der Waals surface area contributed by atoms with Crippen LogP contribution in [0.3, 0.4) is 0 Å². The fourth-order valence-corrected chi connectivity index (χ4v) is 3.80. The Morgan fingerprint density at radius 3 is 2.61 bits per heavy atom.